The minimum Gasteiger partial charge on any atom is -0.477 e. The number of aromatic nitrogens is 2. The van der Waals surface area contributed by atoms with Crippen molar-refractivity contribution in [2.24, 2.45) is 0 Å². The largest absolute Gasteiger partial charge is 0.477 e. The summed E-state index contributed by atoms with van der Waals surface area (Å²) in [6, 6.07) is 7.78. The van der Waals surface area contributed by atoms with Crippen LogP contribution in [0.4, 0.5) is 15.0 Å². The molecule has 0 fully saturated rings. The third kappa shape index (κ3) is 2.72. The first-order chi connectivity index (χ1) is 11.5. The number of hydrogen-bond acceptors (Lipinski definition) is 4. The molecule has 3 rings (SSSR count). The van der Waals surface area contributed by atoms with Gasteiger partial charge in [0.25, 0.3) is 0 Å². The predicted molar refractivity (Wildman–Crippen MR) is 83.8 cm³/mol. The second-order valence-corrected chi connectivity index (χ2v) is 4.86. The Labute approximate surface area is 134 Å². The standard InChI is InChI=1S/C16H10FN3O4/c17-9-5-6-13(18-7-9)19-16(24)20-8-11(15(22)23)14(21)10-3-1-2-4-12(10)20/h1-8H,(H,22,23)(H,18,19,24). The van der Waals surface area contributed by atoms with E-state index in [9.17, 15) is 18.8 Å². The number of amides is 1. The molecule has 0 bridgehead atoms. The van der Waals surface area contributed by atoms with Crippen molar-refractivity contribution in [2.45, 2.75) is 0 Å². The molecule has 1 aromatic carbocycles. The number of para-hydroxylation sites is 1. The van der Waals surface area contributed by atoms with E-state index in [-0.39, 0.29) is 16.7 Å². The fourth-order valence-corrected chi connectivity index (χ4v) is 2.22. The van der Waals surface area contributed by atoms with Gasteiger partial charge in [-0.1, -0.05) is 12.1 Å². The minimum atomic E-state index is -1.44. The molecule has 1 amide bonds. The number of carboxylic acids is 1. The van der Waals surface area contributed by atoms with E-state index in [1.54, 1.807) is 12.1 Å². The van der Waals surface area contributed by atoms with Crippen molar-refractivity contribution >= 4 is 28.7 Å². The summed E-state index contributed by atoms with van der Waals surface area (Å²) in [6.45, 7) is 0. The van der Waals surface area contributed by atoms with E-state index in [1.807, 2.05) is 0 Å². The van der Waals surface area contributed by atoms with E-state index in [0.717, 1.165) is 23.0 Å². The summed E-state index contributed by atoms with van der Waals surface area (Å²) in [5.41, 5.74) is -0.968. The molecule has 0 aliphatic heterocycles. The number of pyridine rings is 2. The highest BCUT2D eigenvalue weighted by Gasteiger charge is 2.17. The van der Waals surface area contributed by atoms with Gasteiger partial charge >= 0.3 is 12.0 Å². The van der Waals surface area contributed by atoms with Gasteiger partial charge in [0, 0.05) is 11.6 Å². The van der Waals surface area contributed by atoms with Crippen molar-refractivity contribution in [3.63, 3.8) is 0 Å². The van der Waals surface area contributed by atoms with Crippen molar-refractivity contribution in [1.82, 2.24) is 9.55 Å². The highest BCUT2D eigenvalue weighted by atomic mass is 19.1. The highest BCUT2D eigenvalue weighted by Crippen LogP contribution is 2.13. The van der Waals surface area contributed by atoms with Crippen LogP contribution in [-0.4, -0.2) is 26.7 Å². The molecular formula is C16H10FN3O4. The number of hydrogen-bond donors (Lipinski definition) is 2. The fourth-order valence-electron chi connectivity index (χ4n) is 2.22. The van der Waals surface area contributed by atoms with Crippen LogP contribution in [0.15, 0.2) is 53.6 Å². The van der Waals surface area contributed by atoms with Gasteiger partial charge in [-0.25, -0.2) is 19.0 Å². The maximum absolute atomic E-state index is 12.9. The lowest BCUT2D eigenvalue weighted by atomic mass is 10.1. The van der Waals surface area contributed by atoms with Crippen LogP contribution in [0.3, 0.4) is 0 Å². The monoisotopic (exact) mass is 327 g/mol. The Hall–Kier alpha value is -3.55. The first kappa shape index (κ1) is 15.3. The number of nitrogens with one attached hydrogen (secondary N) is 1. The smallest absolute Gasteiger partial charge is 0.341 e. The van der Waals surface area contributed by atoms with E-state index in [4.69, 9.17) is 5.11 Å². The number of aromatic carboxylic acids is 1. The molecule has 8 heteroatoms. The third-order valence-electron chi connectivity index (χ3n) is 3.32. The molecule has 0 radical (unpaired) electrons. The van der Waals surface area contributed by atoms with Gasteiger partial charge in [0.05, 0.1) is 11.7 Å². The van der Waals surface area contributed by atoms with E-state index >= 15 is 0 Å². The molecule has 2 N–H and O–H groups in total. The van der Waals surface area contributed by atoms with Crippen molar-refractivity contribution < 1.29 is 19.1 Å². The Kier molecular flexibility index (Phi) is 3.78. The molecule has 7 nitrogen and oxygen atoms in total. The summed E-state index contributed by atoms with van der Waals surface area (Å²) in [4.78, 5) is 39.5. The van der Waals surface area contributed by atoms with E-state index in [1.165, 1.54) is 18.2 Å². The highest BCUT2D eigenvalue weighted by molar-refractivity contribution is 6.00. The van der Waals surface area contributed by atoms with Gasteiger partial charge in [0.1, 0.15) is 17.2 Å². The molecule has 0 aliphatic rings. The first-order valence-electron chi connectivity index (χ1n) is 6.78. The van der Waals surface area contributed by atoms with Crippen molar-refractivity contribution in [3.05, 3.63) is 70.4 Å². The maximum Gasteiger partial charge on any atom is 0.341 e. The normalized spacial score (nSPS) is 10.5. The Morgan fingerprint density at radius 1 is 1.17 bits per heavy atom. The van der Waals surface area contributed by atoms with Gasteiger partial charge in [-0.3, -0.25) is 14.7 Å². The van der Waals surface area contributed by atoms with E-state index < -0.39 is 28.8 Å². The number of carboxylic acid groups (broad SMARTS) is 1. The second-order valence-electron chi connectivity index (χ2n) is 4.86. The second kappa shape index (κ2) is 5.92. The summed E-state index contributed by atoms with van der Waals surface area (Å²) >= 11 is 0. The molecule has 0 aliphatic carbocycles. The lowest BCUT2D eigenvalue weighted by Crippen LogP contribution is -2.26. The number of anilines is 1. The molecule has 0 saturated heterocycles. The Morgan fingerprint density at radius 3 is 2.58 bits per heavy atom. The average Bonchev–Trinajstić information content (AvgIpc) is 2.57. The molecule has 0 saturated carbocycles. The van der Waals surface area contributed by atoms with Crippen LogP contribution >= 0.6 is 0 Å². The van der Waals surface area contributed by atoms with Crippen molar-refractivity contribution in [1.29, 1.82) is 0 Å². The number of rotatable bonds is 2. The lowest BCUT2D eigenvalue weighted by Gasteiger charge is -2.11. The fraction of sp³-hybridized carbons (Fsp3) is 0. The molecule has 2 heterocycles. The number of halogens is 1. The molecule has 24 heavy (non-hydrogen) atoms. The van der Waals surface area contributed by atoms with Gasteiger partial charge in [0.2, 0.25) is 5.43 Å². The summed E-state index contributed by atoms with van der Waals surface area (Å²) in [5.74, 6) is -1.91. The van der Waals surface area contributed by atoms with Gasteiger partial charge in [-0.05, 0) is 24.3 Å². The quantitative estimate of drug-likeness (QED) is 0.752. The van der Waals surface area contributed by atoms with Gasteiger partial charge in [-0.15, -0.1) is 0 Å². The maximum atomic E-state index is 12.9. The van der Waals surface area contributed by atoms with Gasteiger partial charge in [0.15, 0.2) is 0 Å². The summed E-state index contributed by atoms with van der Waals surface area (Å²) in [5, 5.41) is 11.7. The lowest BCUT2D eigenvalue weighted by molar-refractivity contribution is 0.0695. The van der Waals surface area contributed by atoms with Crippen molar-refractivity contribution in [2.75, 3.05) is 5.32 Å². The number of benzene rings is 1. The topological polar surface area (TPSA) is 101 Å². The van der Waals surface area contributed by atoms with E-state index in [0.29, 0.717) is 0 Å². The van der Waals surface area contributed by atoms with Crippen molar-refractivity contribution in [3.8, 4) is 0 Å². The Bertz CT molecular complexity index is 1010. The van der Waals surface area contributed by atoms with Crippen LogP contribution in [0.25, 0.3) is 10.9 Å². The molecule has 0 spiro atoms. The zero-order chi connectivity index (χ0) is 17.3. The SMILES string of the molecule is O=C(O)c1cn(C(=O)Nc2ccc(F)cn2)c2ccccc2c1=O. The number of carbonyl (C=O) groups excluding carboxylic acids is 1. The van der Waals surface area contributed by atoms with E-state index in [2.05, 4.69) is 10.3 Å². The van der Waals surface area contributed by atoms with Gasteiger partial charge < -0.3 is 5.11 Å². The third-order valence-corrected chi connectivity index (χ3v) is 3.32. The Morgan fingerprint density at radius 2 is 1.92 bits per heavy atom. The number of fused-ring (bicyclic) bond motifs is 1. The minimum absolute atomic E-state index is 0.0843. The molecule has 120 valence electrons. The first-order valence-corrected chi connectivity index (χ1v) is 6.78. The van der Waals surface area contributed by atoms with Crippen LogP contribution in [0.2, 0.25) is 0 Å². The summed E-state index contributed by atoms with van der Waals surface area (Å²) < 4.78 is 13.9. The molecular weight excluding hydrogens is 317 g/mol. The number of nitrogens with zero attached hydrogens (tertiary/aromatic N) is 2. The molecule has 0 unspecified atom stereocenters. The van der Waals surface area contributed by atoms with Crippen LogP contribution in [0.1, 0.15) is 10.4 Å². The zero-order valence-electron chi connectivity index (χ0n) is 12.1. The van der Waals surface area contributed by atoms with Crippen LogP contribution in [0.5, 0.6) is 0 Å². The Balaban J connectivity index is 2.12. The van der Waals surface area contributed by atoms with Gasteiger partial charge in [-0.2, -0.15) is 0 Å². The molecule has 2 aromatic heterocycles. The summed E-state index contributed by atoms with van der Waals surface area (Å²) in [6.07, 6.45) is 1.88. The zero-order valence-corrected chi connectivity index (χ0v) is 12.1. The molecule has 0 atom stereocenters. The molecule has 3 aromatic rings. The number of carbonyl (C=O) groups is 2. The predicted octanol–water partition coefficient (Wildman–Crippen LogP) is 2.31. The summed E-state index contributed by atoms with van der Waals surface area (Å²) in [7, 11) is 0. The van der Waals surface area contributed by atoms with Crippen LogP contribution in [-0.2, 0) is 0 Å². The van der Waals surface area contributed by atoms with Crippen LogP contribution in [0, 0.1) is 5.82 Å². The van der Waals surface area contributed by atoms with Crippen LogP contribution < -0.4 is 10.7 Å². The average molecular weight is 327 g/mol.